The van der Waals surface area contributed by atoms with E-state index < -0.39 is 0 Å². The summed E-state index contributed by atoms with van der Waals surface area (Å²) in [4.78, 5) is 8.30. The second-order valence-corrected chi connectivity index (χ2v) is 5.01. The van der Waals surface area contributed by atoms with Crippen LogP contribution in [0.15, 0.2) is 33.8 Å². The van der Waals surface area contributed by atoms with E-state index in [1.165, 1.54) is 0 Å². The van der Waals surface area contributed by atoms with E-state index in [9.17, 15) is 0 Å². The minimum absolute atomic E-state index is 0. The summed E-state index contributed by atoms with van der Waals surface area (Å²) in [6, 6.07) is 7.79. The van der Waals surface area contributed by atoms with Crippen molar-refractivity contribution in [3.63, 3.8) is 0 Å². The van der Waals surface area contributed by atoms with E-state index in [0.717, 1.165) is 5.56 Å². The summed E-state index contributed by atoms with van der Waals surface area (Å²) < 4.78 is 4.92. The lowest BCUT2D eigenvalue weighted by molar-refractivity contribution is 0.386. The van der Waals surface area contributed by atoms with E-state index in [4.69, 9.17) is 16.1 Å². The molecule has 0 spiro atoms. The molecular weight excluding hydrogens is 417 g/mol. The van der Waals surface area contributed by atoms with Crippen molar-refractivity contribution in [2.75, 3.05) is 7.05 Å². The van der Waals surface area contributed by atoms with Crippen LogP contribution in [0.1, 0.15) is 30.2 Å². The Morgan fingerprint density at radius 2 is 2.23 bits per heavy atom. The normalized spacial score (nSPS) is 12.5. The van der Waals surface area contributed by atoms with E-state index >= 15 is 0 Å². The van der Waals surface area contributed by atoms with Gasteiger partial charge in [-0.2, -0.15) is 4.98 Å². The van der Waals surface area contributed by atoms with Gasteiger partial charge in [0.15, 0.2) is 11.8 Å². The molecule has 0 amide bonds. The first-order valence-corrected chi connectivity index (χ1v) is 6.98. The van der Waals surface area contributed by atoms with Crippen molar-refractivity contribution in [3.05, 3.63) is 46.6 Å². The summed E-state index contributed by atoms with van der Waals surface area (Å²) in [6.07, 6.45) is 0. The molecule has 1 atom stereocenters. The first kappa shape index (κ1) is 18.7. The molecule has 22 heavy (non-hydrogen) atoms. The van der Waals surface area contributed by atoms with Gasteiger partial charge in [-0.3, -0.25) is 4.99 Å². The molecule has 1 aromatic carbocycles. The Bertz CT molecular complexity index is 631. The Labute approximate surface area is 151 Å². The Morgan fingerprint density at radius 1 is 1.45 bits per heavy atom. The maximum atomic E-state index is 6.00. The number of aryl methyl sites for hydroxylation is 1. The van der Waals surface area contributed by atoms with Gasteiger partial charge in [-0.1, -0.05) is 28.9 Å². The zero-order valence-corrected chi connectivity index (χ0v) is 15.7. The minimum atomic E-state index is 0. The largest absolute Gasteiger partial charge is 0.350 e. The predicted octanol–water partition coefficient (Wildman–Crippen LogP) is 3.08. The monoisotopic (exact) mass is 435 g/mol. The van der Waals surface area contributed by atoms with Gasteiger partial charge in [0.25, 0.3) is 0 Å². The number of aromatic nitrogens is 2. The van der Waals surface area contributed by atoms with Crippen LogP contribution in [0, 0.1) is 6.92 Å². The zero-order chi connectivity index (χ0) is 15.2. The SMILES string of the molecule is CN=C(NCc1noc(C)n1)NC(C)c1cccc(Cl)c1.I. The number of aliphatic imine (C=N–C) groups is 1. The second-order valence-electron chi connectivity index (χ2n) is 4.58. The number of rotatable bonds is 4. The van der Waals surface area contributed by atoms with Gasteiger partial charge in [-0.05, 0) is 24.6 Å². The van der Waals surface area contributed by atoms with E-state index in [0.29, 0.717) is 29.2 Å². The molecule has 0 saturated heterocycles. The van der Waals surface area contributed by atoms with Crippen molar-refractivity contribution in [1.29, 1.82) is 0 Å². The van der Waals surface area contributed by atoms with Crippen molar-refractivity contribution in [2.45, 2.75) is 26.4 Å². The number of nitrogens with one attached hydrogen (secondary N) is 2. The van der Waals surface area contributed by atoms with Crippen LogP contribution in [0.5, 0.6) is 0 Å². The third-order valence-electron chi connectivity index (χ3n) is 2.91. The molecule has 2 rings (SSSR count). The second kappa shape index (κ2) is 8.94. The molecule has 1 aromatic heterocycles. The van der Waals surface area contributed by atoms with E-state index in [1.807, 2.05) is 31.2 Å². The topological polar surface area (TPSA) is 75.3 Å². The molecule has 2 aromatic rings. The number of hydrogen-bond donors (Lipinski definition) is 2. The number of benzene rings is 1. The van der Waals surface area contributed by atoms with Crippen molar-refractivity contribution < 1.29 is 4.52 Å². The van der Waals surface area contributed by atoms with Crippen molar-refractivity contribution in [2.24, 2.45) is 4.99 Å². The Hall–Kier alpha value is -1.35. The van der Waals surface area contributed by atoms with Crippen molar-refractivity contribution in [3.8, 4) is 0 Å². The Morgan fingerprint density at radius 3 is 2.82 bits per heavy atom. The van der Waals surface area contributed by atoms with Crippen LogP contribution >= 0.6 is 35.6 Å². The van der Waals surface area contributed by atoms with Crippen LogP contribution < -0.4 is 10.6 Å². The standard InChI is InChI=1S/C14H18ClN5O.HI/c1-9(11-5-4-6-12(15)7-11)18-14(16-3)17-8-13-19-10(2)21-20-13;/h4-7,9H,8H2,1-3H3,(H2,16,17,18);1H. The summed E-state index contributed by atoms with van der Waals surface area (Å²) in [6.45, 7) is 4.24. The Kier molecular flexibility index (Phi) is 7.60. The van der Waals surface area contributed by atoms with Crippen LogP contribution in [0.2, 0.25) is 5.02 Å². The number of hydrogen-bond acceptors (Lipinski definition) is 4. The average Bonchev–Trinajstić information content (AvgIpc) is 2.89. The average molecular weight is 436 g/mol. The number of guanidine groups is 1. The molecule has 0 saturated carbocycles. The lowest BCUT2D eigenvalue weighted by Crippen LogP contribution is -2.38. The highest BCUT2D eigenvalue weighted by atomic mass is 127. The molecule has 0 fully saturated rings. The predicted molar refractivity (Wildman–Crippen MR) is 97.7 cm³/mol. The highest BCUT2D eigenvalue weighted by Crippen LogP contribution is 2.17. The number of nitrogens with zero attached hydrogens (tertiary/aromatic N) is 3. The summed E-state index contributed by atoms with van der Waals surface area (Å²) in [5.74, 6) is 1.79. The fraction of sp³-hybridized carbons (Fsp3) is 0.357. The van der Waals surface area contributed by atoms with Crippen molar-refractivity contribution >= 4 is 41.5 Å². The zero-order valence-electron chi connectivity index (χ0n) is 12.6. The fourth-order valence-electron chi connectivity index (χ4n) is 1.83. The van der Waals surface area contributed by atoms with Gasteiger partial charge in [0.2, 0.25) is 5.89 Å². The van der Waals surface area contributed by atoms with Gasteiger partial charge in [-0.25, -0.2) is 0 Å². The molecule has 0 aliphatic carbocycles. The van der Waals surface area contributed by atoms with E-state index in [-0.39, 0.29) is 30.0 Å². The van der Waals surface area contributed by atoms with Gasteiger partial charge in [-0.15, -0.1) is 24.0 Å². The van der Waals surface area contributed by atoms with Crippen LogP contribution in [0.4, 0.5) is 0 Å². The molecule has 1 heterocycles. The molecule has 8 heteroatoms. The van der Waals surface area contributed by atoms with Crippen LogP contribution in [-0.2, 0) is 6.54 Å². The first-order valence-electron chi connectivity index (χ1n) is 6.60. The van der Waals surface area contributed by atoms with Crippen molar-refractivity contribution in [1.82, 2.24) is 20.8 Å². The van der Waals surface area contributed by atoms with E-state index in [1.54, 1.807) is 14.0 Å². The molecule has 1 unspecified atom stereocenters. The van der Waals surface area contributed by atoms with Gasteiger partial charge >= 0.3 is 0 Å². The maximum absolute atomic E-state index is 6.00. The van der Waals surface area contributed by atoms with Gasteiger partial charge in [0.1, 0.15) is 0 Å². The molecule has 0 aliphatic heterocycles. The summed E-state index contributed by atoms with van der Waals surface area (Å²) in [5.41, 5.74) is 1.08. The van der Waals surface area contributed by atoms with Crippen LogP contribution in [0.3, 0.4) is 0 Å². The van der Waals surface area contributed by atoms with Crippen LogP contribution in [0.25, 0.3) is 0 Å². The fourth-order valence-corrected chi connectivity index (χ4v) is 2.03. The summed E-state index contributed by atoms with van der Waals surface area (Å²) in [5, 5.41) is 11.0. The summed E-state index contributed by atoms with van der Waals surface area (Å²) in [7, 11) is 1.71. The molecule has 0 bridgehead atoms. The quantitative estimate of drug-likeness (QED) is 0.438. The summed E-state index contributed by atoms with van der Waals surface area (Å²) >= 11 is 6.00. The van der Waals surface area contributed by atoms with Crippen LogP contribution in [-0.4, -0.2) is 23.1 Å². The maximum Gasteiger partial charge on any atom is 0.223 e. The molecule has 2 N–H and O–H groups in total. The minimum Gasteiger partial charge on any atom is -0.350 e. The highest BCUT2D eigenvalue weighted by Gasteiger charge is 2.09. The highest BCUT2D eigenvalue weighted by molar-refractivity contribution is 14.0. The number of halogens is 2. The molecule has 0 radical (unpaired) electrons. The lowest BCUT2D eigenvalue weighted by atomic mass is 10.1. The lowest BCUT2D eigenvalue weighted by Gasteiger charge is -2.17. The van der Waals surface area contributed by atoms with Gasteiger partial charge < -0.3 is 15.2 Å². The first-order chi connectivity index (χ1) is 10.1. The Balaban J connectivity index is 0.00000242. The third-order valence-corrected chi connectivity index (χ3v) is 3.14. The third kappa shape index (κ3) is 5.45. The smallest absolute Gasteiger partial charge is 0.223 e. The van der Waals surface area contributed by atoms with Gasteiger partial charge in [0, 0.05) is 19.0 Å². The van der Waals surface area contributed by atoms with E-state index in [2.05, 4.69) is 25.8 Å². The molecule has 0 aliphatic rings. The van der Waals surface area contributed by atoms with Gasteiger partial charge in [0.05, 0.1) is 12.6 Å². The molecular formula is C14H19ClIN5O. The molecule has 120 valence electrons. The molecule has 6 nitrogen and oxygen atoms in total.